The van der Waals surface area contributed by atoms with Gasteiger partial charge in [-0.1, -0.05) is 50.0 Å². The van der Waals surface area contributed by atoms with Crippen LogP contribution in [0.4, 0.5) is 4.79 Å². The van der Waals surface area contributed by atoms with Crippen molar-refractivity contribution in [2.75, 3.05) is 32.7 Å². The molecule has 0 unspecified atom stereocenters. The summed E-state index contributed by atoms with van der Waals surface area (Å²) >= 11 is 0. The number of ether oxygens (including phenoxy) is 1. The van der Waals surface area contributed by atoms with Crippen molar-refractivity contribution in [1.82, 2.24) is 9.80 Å². The molecule has 32 heavy (non-hydrogen) atoms. The third kappa shape index (κ3) is 7.63. The summed E-state index contributed by atoms with van der Waals surface area (Å²) in [6, 6.07) is 0. The molecule has 0 atom stereocenters. The highest BCUT2D eigenvalue weighted by Gasteiger charge is 2.46. The van der Waals surface area contributed by atoms with Gasteiger partial charge in [0.05, 0.1) is 12.3 Å². The Morgan fingerprint density at radius 2 is 1.91 bits per heavy atom. The van der Waals surface area contributed by atoms with E-state index in [0.29, 0.717) is 19.0 Å². The predicted molar refractivity (Wildman–Crippen MR) is 135 cm³/mol. The molecule has 0 aromatic carbocycles. The van der Waals surface area contributed by atoms with E-state index < -0.39 is 0 Å². The van der Waals surface area contributed by atoms with Gasteiger partial charge >= 0.3 is 6.09 Å². The van der Waals surface area contributed by atoms with Gasteiger partial charge in [-0.3, -0.25) is 9.89 Å². The van der Waals surface area contributed by atoms with Crippen LogP contribution >= 0.6 is 0 Å². The van der Waals surface area contributed by atoms with Crippen LogP contribution < -0.4 is 0 Å². The fourth-order valence-corrected chi connectivity index (χ4v) is 4.27. The number of carbonyl (C=O) groups is 1. The van der Waals surface area contributed by atoms with Crippen molar-refractivity contribution < 1.29 is 9.53 Å². The lowest BCUT2D eigenvalue weighted by Gasteiger charge is -2.37. The first-order valence-electron chi connectivity index (χ1n) is 11.8. The Kier molecular flexibility index (Phi) is 10.2. The number of allylic oxidation sites excluding steroid dienone is 4. The Morgan fingerprint density at radius 1 is 1.22 bits per heavy atom. The number of rotatable bonds is 9. The second-order valence-corrected chi connectivity index (χ2v) is 9.08. The van der Waals surface area contributed by atoms with Gasteiger partial charge in [-0.25, -0.2) is 4.79 Å². The summed E-state index contributed by atoms with van der Waals surface area (Å²) in [5.74, 6) is 0.688. The van der Waals surface area contributed by atoms with E-state index >= 15 is 0 Å². The smallest absolute Gasteiger partial charge is 0.410 e. The Hall–Kier alpha value is -2.40. The van der Waals surface area contributed by atoms with Gasteiger partial charge in [0.15, 0.2) is 0 Å². The van der Waals surface area contributed by atoms with Crippen LogP contribution in [0.2, 0.25) is 0 Å². The molecule has 0 N–H and O–H groups in total. The normalized spacial score (nSPS) is 20.8. The Bertz CT molecular complexity index is 762. The molecule has 5 heteroatoms. The van der Waals surface area contributed by atoms with Crippen LogP contribution in [-0.4, -0.2) is 59.9 Å². The van der Waals surface area contributed by atoms with Crippen LogP contribution in [0.5, 0.6) is 0 Å². The molecule has 3 aliphatic rings. The number of hydrogen-bond acceptors (Lipinski definition) is 4. The molecule has 1 saturated carbocycles. The number of piperidine rings is 1. The van der Waals surface area contributed by atoms with Gasteiger partial charge in [0.25, 0.3) is 0 Å². The van der Waals surface area contributed by atoms with E-state index in [2.05, 4.69) is 42.6 Å². The summed E-state index contributed by atoms with van der Waals surface area (Å²) in [6.07, 6.45) is 14.7. The minimum absolute atomic E-state index is 0.200. The van der Waals surface area contributed by atoms with Crippen LogP contribution in [0, 0.1) is 5.92 Å². The number of nitrogens with zero attached hydrogens (tertiary/aromatic N) is 3. The fraction of sp³-hybridized carbons (Fsp3) is 0.556. The standard InChI is InChI=1S/C21H31N3O2.C6H10/c1-4-7-18(17-8-9-17)19(22-6-3)15-23-13-10-21(11-14-23)16-24(12-5-2)20(25)26-21;1-4-5-6(2)3/h5-7,17H,2-4,8-16H2,1H3;4-5H,1H2,2-3H3/b18-7-,22-19?;. The first kappa shape index (κ1) is 25.9. The zero-order chi connectivity index (χ0) is 23.6. The van der Waals surface area contributed by atoms with E-state index in [1.54, 1.807) is 23.3 Å². The Balaban J connectivity index is 0.000000534. The van der Waals surface area contributed by atoms with E-state index in [9.17, 15) is 4.79 Å². The summed E-state index contributed by atoms with van der Waals surface area (Å²) in [7, 11) is 0. The molecule has 3 rings (SSSR count). The molecular formula is C27H41N3O2. The molecule has 0 aromatic rings. The van der Waals surface area contributed by atoms with Gasteiger partial charge in [-0.2, -0.15) is 0 Å². The molecule has 5 nitrogen and oxygen atoms in total. The highest BCUT2D eigenvalue weighted by molar-refractivity contribution is 6.02. The maximum Gasteiger partial charge on any atom is 0.410 e. The van der Waals surface area contributed by atoms with Crippen molar-refractivity contribution in [3.8, 4) is 0 Å². The minimum atomic E-state index is -0.315. The largest absolute Gasteiger partial charge is 0.441 e. The second kappa shape index (κ2) is 12.6. The minimum Gasteiger partial charge on any atom is -0.441 e. The summed E-state index contributed by atoms with van der Waals surface area (Å²) in [5.41, 5.74) is 3.56. The molecular weight excluding hydrogens is 398 g/mol. The van der Waals surface area contributed by atoms with E-state index in [1.807, 2.05) is 19.9 Å². The Morgan fingerprint density at radius 3 is 2.38 bits per heavy atom. The summed E-state index contributed by atoms with van der Waals surface area (Å²) in [4.78, 5) is 20.8. The van der Waals surface area contributed by atoms with Crippen LogP contribution in [0.3, 0.4) is 0 Å². The maximum absolute atomic E-state index is 12.0. The molecule has 0 radical (unpaired) electrons. The lowest BCUT2D eigenvalue weighted by atomic mass is 9.91. The first-order valence-corrected chi connectivity index (χ1v) is 11.8. The molecule has 2 saturated heterocycles. The van der Waals surface area contributed by atoms with Crippen LogP contribution in [0.15, 0.2) is 66.4 Å². The molecule has 2 aliphatic heterocycles. The van der Waals surface area contributed by atoms with E-state index in [4.69, 9.17) is 4.74 Å². The van der Waals surface area contributed by atoms with Gasteiger partial charge in [-0.05, 0) is 44.6 Å². The Labute approximate surface area is 194 Å². The lowest BCUT2D eigenvalue weighted by Crippen LogP contribution is -2.48. The zero-order valence-electron chi connectivity index (χ0n) is 20.3. The van der Waals surface area contributed by atoms with Crippen LogP contribution in [0.25, 0.3) is 0 Å². The molecule has 1 amide bonds. The lowest BCUT2D eigenvalue weighted by molar-refractivity contribution is 0.00424. The molecule has 1 spiro atoms. The van der Waals surface area contributed by atoms with Crippen molar-refractivity contribution in [2.24, 2.45) is 10.9 Å². The number of hydrogen-bond donors (Lipinski definition) is 0. The van der Waals surface area contributed by atoms with Gasteiger partial charge in [0, 0.05) is 45.2 Å². The van der Waals surface area contributed by atoms with Crippen LogP contribution in [-0.2, 0) is 4.74 Å². The monoisotopic (exact) mass is 439 g/mol. The van der Waals surface area contributed by atoms with Crippen molar-refractivity contribution in [2.45, 2.75) is 58.5 Å². The molecule has 0 bridgehead atoms. The van der Waals surface area contributed by atoms with Crippen molar-refractivity contribution in [1.29, 1.82) is 0 Å². The van der Waals surface area contributed by atoms with Gasteiger partial charge in [0.1, 0.15) is 5.60 Å². The topological polar surface area (TPSA) is 45.1 Å². The number of aliphatic imine (C=N–C) groups is 1. The third-order valence-electron chi connectivity index (χ3n) is 6.00. The third-order valence-corrected chi connectivity index (χ3v) is 6.00. The number of carbonyl (C=O) groups excluding carboxylic acids is 1. The van der Waals surface area contributed by atoms with Gasteiger partial charge in [-0.15, -0.1) is 6.58 Å². The van der Waals surface area contributed by atoms with E-state index in [1.165, 1.54) is 24.0 Å². The molecule has 0 aromatic heterocycles. The first-order chi connectivity index (χ1) is 15.4. The summed E-state index contributed by atoms with van der Waals surface area (Å²) in [6.45, 7) is 21.3. The summed E-state index contributed by atoms with van der Waals surface area (Å²) in [5, 5.41) is 0. The predicted octanol–water partition coefficient (Wildman–Crippen LogP) is 5.93. The van der Waals surface area contributed by atoms with E-state index in [-0.39, 0.29) is 11.7 Å². The highest BCUT2D eigenvalue weighted by atomic mass is 16.6. The van der Waals surface area contributed by atoms with Crippen molar-refractivity contribution in [3.63, 3.8) is 0 Å². The summed E-state index contributed by atoms with van der Waals surface area (Å²) < 4.78 is 5.74. The SMILES string of the molecule is C=CC=C(C)C.C=CCN1CC2(CCN(CC(=NC=C)/C(=C\CC)C3CC3)CC2)OC1=O. The quantitative estimate of drug-likeness (QED) is 0.254. The number of amides is 1. The van der Waals surface area contributed by atoms with E-state index in [0.717, 1.165) is 44.6 Å². The highest BCUT2D eigenvalue weighted by Crippen LogP contribution is 2.38. The van der Waals surface area contributed by atoms with Crippen LogP contribution in [0.1, 0.15) is 52.9 Å². The zero-order valence-corrected chi connectivity index (χ0v) is 20.3. The molecule has 1 aliphatic carbocycles. The van der Waals surface area contributed by atoms with Crippen molar-refractivity contribution in [3.05, 3.63) is 61.4 Å². The molecule has 176 valence electrons. The fourth-order valence-electron chi connectivity index (χ4n) is 4.27. The second-order valence-electron chi connectivity index (χ2n) is 9.08. The number of likely N-dealkylation sites (tertiary alicyclic amines) is 1. The maximum atomic E-state index is 12.0. The molecule has 2 heterocycles. The average Bonchev–Trinajstić information content (AvgIpc) is 3.54. The van der Waals surface area contributed by atoms with Gasteiger partial charge in [0.2, 0.25) is 0 Å². The average molecular weight is 440 g/mol. The van der Waals surface area contributed by atoms with Gasteiger partial charge < -0.3 is 9.64 Å². The van der Waals surface area contributed by atoms with Crippen molar-refractivity contribution >= 4 is 11.8 Å². The molecule has 3 fully saturated rings.